The molecule has 2 aromatic rings. The predicted molar refractivity (Wildman–Crippen MR) is 85.3 cm³/mol. The fourth-order valence-electron chi connectivity index (χ4n) is 1.89. The normalized spacial score (nSPS) is 9.95. The molecular weight excluding hydrogens is 262 g/mol. The molecule has 0 saturated carbocycles. The summed E-state index contributed by atoms with van der Waals surface area (Å²) >= 11 is 0. The van der Waals surface area contributed by atoms with E-state index in [2.05, 4.69) is 29.1 Å². The van der Waals surface area contributed by atoms with Crippen LogP contribution in [0.25, 0.3) is 0 Å². The smallest absolute Gasteiger partial charge is 0.251 e. The zero-order valence-corrected chi connectivity index (χ0v) is 12.1. The first-order valence-corrected chi connectivity index (χ1v) is 6.83. The van der Waals surface area contributed by atoms with E-state index in [4.69, 9.17) is 0 Å². The van der Waals surface area contributed by atoms with Crippen molar-refractivity contribution < 1.29 is 4.79 Å². The number of rotatable bonds is 6. The Bertz CT molecular complexity index is 620. The minimum absolute atomic E-state index is 0.0930. The SMILES string of the molecule is C=CCNC(=O)c1ccc(NCc2cnccc2C)cc1. The van der Waals surface area contributed by atoms with Gasteiger partial charge in [-0.3, -0.25) is 9.78 Å². The molecule has 108 valence electrons. The maximum atomic E-state index is 11.8. The molecule has 2 N–H and O–H groups in total. The molecule has 2 rings (SSSR count). The number of amides is 1. The van der Waals surface area contributed by atoms with Gasteiger partial charge >= 0.3 is 0 Å². The first-order valence-electron chi connectivity index (χ1n) is 6.83. The van der Waals surface area contributed by atoms with E-state index >= 15 is 0 Å². The molecule has 0 radical (unpaired) electrons. The minimum atomic E-state index is -0.0930. The van der Waals surface area contributed by atoms with E-state index in [1.165, 1.54) is 5.56 Å². The van der Waals surface area contributed by atoms with Gasteiger partial charge in [0.05, 0.1) is 0 Å². The lowest BCUT2D eigenvalue weighted by Gasteiger charge is -2.09. The Labute approximate surface area is 124 Å². The molecular formula is C17H19N3O. The molecule has 0 fully saturated rings. The van der Waals surface area contributed by atoms with Crippen LogP contribution in [0.4, 0.5) is 5.69 Å². The molecule has 21 heavy (non-hydrogen) atoms. The van der Waals surface area contributed by atoms with Crippen LogP contribution >= 0.6 is 0 Å². The van der Waals surface area contributed by atoms with Crippen molar-refractivity contribution in [2.45, 2.75) is 13.5 Å². The van der Waals surface area contributed by atoms with Crippen LogP contribution in [0, 0.1) is 6.92 Å². The highest BCUT2D eigenvalue weighted by atomic mass is 16.1. The molecule has 1 aromatic heterocycles. The highest BCUT2D eigenvalue weighted by molar-refractivity contribution is 5.94. The number of nitrogens with one attached hydrogen (secondary N) is 2. The molecule has 4 nitrogen and oxygen atoms in total. The number of nitrogens with zero attached hydrogens (tertiary/aromatic N) is 1. The second-order valence-corrected chi connectivity index (χ2v) is 4.73. The number of aromatic nitrogens is 1. The van der Waals surface area contributed by atoms with Gasteiger partial charge in [0.15, 0.2) is 0 Å². The monoisotopic (exact) mass is 281 g/mol. The van der Waals surface area contributed by atoms with Crippen molar-refractivity contribution in [2.75, 3.05) is 11.9 Å². The van der Waals surface area contributed by atoms with Gasteiger partial charge in [-0.05, 0) is 48.4 Å². The number of hydrogen-bond acceptors (Lipinski definition) is 3. The average Bonchev–Trinajstić information content (AvgIpc) is 2.52. The number of pyridine rings is 1. The average molecular weight is 281 g/mol. The third-order valence-corrected chi connectivity index (χ3v) is 3.18. The molecule has 0 bridgehead atoms. The number of anilines is 1. The third-order valence-electron chi connectivity index (χ3n) is 3.18. The van der Waals surface area contributed by atoms with E-state index in [0.717, 1.165) is 11.3 Å². The Hall–Kier alpha value is -2.62. The molecule has 1 aromatic carbocycles. The van der Waals surface area contributed by atoms with Gasteiger partial charge < -0.3 is 10.6 Å². The van der Waals surface area contributed by atoms with Crippen LogP contribution in [0.15, 0.2) is 55.4 Å². The second-order valence-electron chi connectivity index (χ2n) is 4.73. The van der Waals surface area contributed by atoms with E-state index in [-0.39, 0.29) is 5.91 Å². The van der Waals surface area contributed by atoms with Crippen molar-refractivity contribution in [3.63, 3.8) is 0 Å². The Balaban J connectivity index is 1.95. The quantitative estimate of drug-likeness (QED) is 0.800. The van der Waals surface area contributed by atoms with Crippen LogP contribution in [0.2, 0.25) is 0 Å². The summed E-state index contributed by atoms with van der Waals surface area (Å²) in [4.78, 5) is 15.9. The summed E-state index contributed by atoms with van der Waals surface area (Å²) in [6, 6.07) is 9.39. The van der Waals surface area contributed by atoms with Gasteiger partial charge in [0.25, 0.3) is 5.91 Å². The summed E-state index contributed by atoms with van der Waals surface area (Å²) in [7, 11) is 0. The maximum Gasteiger partial charge on any atom is 0.251 e. The summed E-state index contributed by atoms with van der Waals surface area (Å²) in [5.74, 6) is -0.0930. The van der Waals surface area contributed by atoms with Gasteiger partial charge in [-0.2, -0.15) is 0 Å². The minimum Gasteiger partial charge on any atom is -0.381 e. The Morgan fingerprint density at radius 3 is 2.71 bits per heavy atom. The zero-order chi connectivity index (χ0) is 15.1. The summed E-state index contributed by atoms with van der Waals surface area (Å²) in [5.41, 5.74) is 3.97. The fraction of sp³-hybridized carbons (Fsp3) is 0.176. The molecule has 0 aliphatic heterocycles. The molecule has 0 aliphatic carbocycles. The van der Waals surface area contributed by atoms with E-state index < -0.39 is 0 Å². The van der Waals surface area contributed by atoms with E-state index in [9.17, 15) is 4.79 Å². The number of hydrogen-bond donors (Lipinski definition) is 2. The molecule has 0 saturated heterocycles. The summed E-state index contributed by atoms with van der Waals surface area (Å²) < 4.78 is 0. The van der Waals surface area contributed by atoms with Crippen LogP contribution in [0.1, 0.15) is 21.5 Å². The van der Waals surface area contributed by atoms with Crippen molar-refractivity contribution in [3.05, 3.63) is 72.1 Å². The number of benzene rings is 1. The molecule has 0 atom stereocenters. The highest BCUT2D eigenvalue weighted by Crippen LogP contribution is 2.12. The molecule has 1 amide bonds. The molecule has 4 heteroatoms. The summed E-state index contributed by atoms with van der Waals surface area (Å²) in [6.45, 7) is 6.81. The molecule has 1 heterocycles. The van der Waals surface area contributed by atoms with Crippen molar-refractivity contribution >= 4 is 11.6 Å². The molecule has 0 unspecified atom stereocenters. The Morgan fingerprint density at radius 1 is 1.29 bits per heavy atom. The van der Waals surface area contributed by atoms with Gasteiger partial charge in [-0.1, -0.05) is 6.08 Å². The first kappa shape index (κ1) is 14.8. The van der Waals surface area contributed by atoms with Crippen molar-refractivity contribution in [1.82, 2.24) is 10.3 Å². The van der Waals surface area contributed by atoms with Crippen molar-refractivity contribution in [1.29, 1.82) is 0 Å². The van der Waals surface area contributed by atoms with E-state index in [1.54, 1.807) is 24.4 Å². The highest BCUT2D eigenvalue weighted by Gasteiger charge is 2.04. The Morgan fingerprint density at radius 2 is 2.05 bits per heavy atom. The van der Waals surface area contributed by atoms with Crippen molar-refractivity contribution in [3.8, 4) is 0 Å². The van der Waals surface area contributed by atoms with Gasteiger partial charge in [0.2, 0.25) is 0 Å². The number of carbonyl (C=O) groups excluding carboxylic acids is 1. The van der Waals surface area contributed by atoms with E-state index in [1.807, 2.05) is 24.4 Å². The largest absolute Gasteiger partial charge is 0.381 e. The van der Waals surface area contributed by atoms with Gasteiger partial charge in [-0.15, -0.1) is 6.58 Å². The lowest BCUT2D eigenvalue weighted by molar-refractivity contribution is 0.0958. The fourth-order valence-corrected chi connectivity index (χ4v) is 1.89. The number of carbonyl (C=O) groups is 1. The van der Waals surface area contributed by atoms with Crippen LogP contribution in [0.3, 0.4) is 0 Å². The predicted octanol–water partition coefficient (Wildman–Crippen LogP) is 2.92. The maximum absolute atomic E-state index is 11.8. The van der Waals surface area contributed by atoms with Gasteiger partial charge in [-0.25, -0.2) is 0 Å². The number of aryl methyl sites for hydroxylation is 1. The Kier molecular flexibility index (Phi) is 5.10. The second kappa shape index (κ2) is 7.24. The molecule has 0 aliphatic rings. The zero-order valence-electron chi connectivity index (χ0n) is 12.1. The molecule has 0 spiro atoms. The summed E-state index contributed by atoms with van der Waals surface area (Å²) in [6.07, 6.45) is 5.30. The van der Waals surface area contributed by atoms with Crippen LogP contribution in [0.5, 0.6) is 0 Å². The lowest BCUT2D eigenvalue weighted by Crippen LogP contribution is -2.23. The van der Waals surface area contributed by atoms with Gasteiger partial charge in [0, 0.05) is 36.7 Å². The third kappa shape index (κ3) is 4.18. The lowest BCUT2D eigenvalue weighted by atomic mass is 10.1. The van der Waals surface area contributed by atoms with Crippen molar-refractivity contribution in [2.24, 2.45) is 0 Å². The van der Waals surface area contributed by atoms with Crippen LogP contribution in [-0.2, 0) is 6.54 Å². The van der Waals surface area contributed by atoms with Gasteiger partial charge in [0.1, 0.15) is 0 Å². The topological polar surface area (TPSA) is 54.0 Å². The summed E-state index contributed by atoms with van der Waals surface area (Å²) in [5, 5.41) is 6.07. The van der Waals surface area contributed by atoms with E-state index in [0.29, 0.717) is 18.7 Å². The standard InChI is InChI=1S/C17H19N3O/c1-3-9-19-17(21)14-4-6-16(7-5-14)20-12-15-11-18-10-8-13(15)2/h3-8,10-11,20H,1,9,12H2,2H3,(H,19,21). The van der Waals surface area contributed by atoms with Crippen LogP contribution < -0.4 is 10.6 Å². The van der Waals surface area contributed by atoms with Crippen LogP contribution in [-0.4, -0.2) is 17.4 Å². The first-order chi connectivity index (χ1) is 10.2.